The second-order valence-corrected chi connectivity index (χ2v) is 6.86. The summed E-state index contributed by atoms with van der Waals surface area (Å²) in [5.74, 6) is 0.914. The molecule has 1 N–H and O–H groups in total. The van der Waals surface area contributed by atoms with Gasteiger partial charge in [-0.3, -0.25) is 4.79 Å². The molecular formula is C21H23N3O4. The molecule has 0 saturated carbocycles. The quantitative estimate of drug-likeness (QED) is 0.729. The minimum Gasteiger partial charge on any atom is -0.496 e. The van der Waals surface area contributed by atoms with Gasteiger partial charge < -0.3 is 24.1 Å². The second kappa shape index (κ2) is 7.42. The zero-order valence-electron chi connectivity index (χ0n) is 16.2. The van der Waals surface area contributed by atoms with E-state index in [0.717, 1.165) is 23.1 Å². The molecule has 1 amide bonds. The number of nitrogens with zero attached hydrogens (tertiary/aromatic N) is 2. The number of aromatic nitrogens is 1. The average molecular weight is 381 g/mol. The van der Waals surface area contributed by atoms with Crippen LogP contribution in [0, 0.1) is 6.92 Å². The van der Waals surface area contributed by atoms with Gasteiger partial charge in [-0.25, -0.2) is 0 Å². The number of amides is 1. The van der Waals surface area contributed by atoms with Crippen LogP contribution in [-0.2, 0) is 0 Å². The van der Waals surface area contributed by atoms with E-state index >= 15 is 0 Å². The lowest BCUT2D eigenvalue weighted by molar-refractivity contribution is 0.0784. The first kappa shape index (κ1) is 18.2. The van der Waals surface area contributed by atoms with Crippen molar-refractivity contribution in [2.45, 2.75) is 19.4 Å². The minimum absolute atomic E-state index is 0.0676. The Kier molecular flexibility index (Phi) is 4.81. The lowest BCUT2D eigenvalue weighted by Gasteiger charge is -2.20. The van der Waals surface area contributed by atoms with Crippen molar-refractivity contribution in [1.29, 1.82) is 0 Å². The average Bonchev–Trinajstić information content (AvgIpc) is 3.34. The fourth-order valence-corrected chi connectivity index (χ4v) is 3.61. The van der Waals surface area contributed by atoms with Crippen LogP contribution in [0.4, 0.5) is 6.01 Å². The first-order valence-electron chi connectivity index (χ1n) is 9.23. The van der Waals surface area contributed by atoms with Crippen LogP contribution in [0.2, 0.25) is 0 Å². The molecule has 0 unspecified atom stereocenters. The number of hydrogen-bond acceptors (Lipinski definition) is 6. The first-order valence-corrected chi connectivity index (χ1v) is 9.23. The molecule has 28 heavy (non-hydrogen) atoms. The summed E-state index contributed by atoms with van der Waals surface area (Å²) in [6.45, 7) is 3.19. The summed E-state index contributed by atoms with van der Waals surface area (Å²) in [6.07, 6.45) is 0.806. The number of methoxy groups -OCH3 is 2. The largest absolute Gasteiger partial charge is 0.496 e. The third-order valence-electron chi connectivity index (χ3n) is 5.07. The van der Waals surface area contributed by atoms with Gasteiger partial charge in [-0.1, -0.05) is 18.2 Å². The van der Waals surface area contributed by atoms with Crippen LogP contribution >= 0.6 is 0 Å². The van der Waals surface area contributed by atoms with Gasteiger partial charge in [0.05, 0.1) is 14.2 Å². The van der Waals surface area contributed by atoms with Crippen LogP contribution in [0.5, 0.6) is 11.5 Å². The molecule has 1 aliphatic rings. The Morgan fingerprint density at radius 3 is 2.57 bits per heavy atom. The molecule has 1 aliphatic heterocycles. The summed E-state index contributed by atoms with van der Waals surface area (Å²) in [4.78, 5) is 19.4. The number of hydrogen-bond donors (Lipinski definition) is 1. The fourth-order valence-electron chi connectivity index (χ4n) is 3.61. The number of likely N-dealkylation sites (tertiary alicyclic amines) is 1. The summed E-state index contributed by atoms with van der Waals surface area (Å²) < 4.78 is 16.5. The lowest BCUT2D eigenvalue weighted by atomic mass is 10.1. The molecular weight excluding hydrogens is 358 g/mol. The predicted molar refractivity (Wildman–Crippen MR) is 106 cm³/mol. The highest BCUT2D eigenvalue weighted by molar-refractivity contribution is 6.00. The molecule has 0 spiro atoms. The van der Waals surface area contributed by atoms with Crippen LogP contribution in [0.3, 0.4) is 0 Å². The Morgan fingerprint density at radius 2 is 1.89 bits per heavy atom. The normalized spacial score (nSPS) is 16.4. The number of para-hydroxylation sites is 1. The van der Waals surface area contributed by atoms with Crippen LogP contribution in [0.25, 0.3) is 11.1 Å². The van der Waals surface area contributed by atoms with Gasteiger partial charge in [-0.05, 0) is 37.1 Å². The Labute approximate surface area is 163 Å². The summed E-state index contributed by atoms with van der Waals surface area (Å²) in [5, 5.41) is 3.32. The van der Waals surface area contributed by atoms with E-state index in [1.807, 2.05) is 25.1 Å². The van der Waals surface area contributed by atoms with Crippen molar-refractivity contribution in [2.24, 2.45) is 0 Å². The highest BCUT2D eigenvalue weighted by atomic mass is 16.5. The Hall–Kier alpha value is -3.22. The molecule has 7 heteroatoms. The van der Waals surface area contributed by atoms with E-state index in [4.69, 9.17) is 13.9 Å². The molecule has 2 aromatic carbocycles. The van der Waals surface area contributed by atoms with E-state index in [9.17, 15) is 4.79 Å². The van der Waals surface area contributed by atoms with Crippen LogP contribution in [0.1, 0.15) is 22.3 Å². The zero-order chi connectivity index (χ0) is 19.7. The summed E-state index contributed by atoms with van der Waals surface area (Å²) in [7, 11) is 3.10. The highest BCUT2D eigenvalue weighted by Gasteiger charge is 2.31. The number of carbonyl (C=O) groups excluding carboxylic acids is 1. The van der Waals surface area contributed by atoms with Gasteiger partial charge in [0.15, 0.2) is 5.58 Å². The second-order valence-electron chi connectivity index (χ2n) is 6.86. The van der Waals surface area contributed by atoms with E-state index in [1.165, 1.54) is 0 Å². The van der Waals surface area contributed by atoms with Crippen molar-refractivity contribution in [3.8, 4) is 11.5 Å². The standard InChI is InChI=1S/C21H23N3O4/c1-13-6-4-9-17-19(13)23-21(28-17)22-14-10-11-24(12-14)20(25)18-15(26-2)7-5-8-16(18)27-3/h4-9,14H,10-12H2,1-3H3,(H,22,23)/t14-/m1/s1. The molecule has 0 bridgehead atoms. The smallest absolute Gasteiger partial charge is 0.295 e. The van der Waals surface area contributed by atoms with Gasteiger partial charge in [0.2, 0.25) is 0 Å². The van der Waals surface area contributed by atoms with Gasteiger partial charge in [0.1, 0.15) is 22.6 Å². The predicted octanol–water partition coefficient (Wildman–Crippen LogP) is 3.48. The first-order chi connectivity index (χ1) is 13.6. The van der Waals surface area contributed by atoms with Crippen molar-refractivity contribution in [3.63, 3.8) is 0 Å². The van der Waals surface area contributed by atoms with Gasteiger partial charge in [0, 0.05) is 19.1 Å². The van der Waals surface area contributed by atoms with Crippen LogP contribution < -0.4 is 14.8 Å². The summed E-state index contributed by atoms with van der Waals surface area (Å²) >= 11 is 0. The van der Waals surface area contributed by atoms with Crippen molar-refractivity contribution in [3.05, 3.63) is 47.5 Å². The molecule has 146 valence electrons. The number of fused-ring (bicyclic) bond motifs is 1. The van der Waals surface area contributed by atoms with Crippen LogP contribution in [0.15, 0.2) is 40.8 Å². The Morgan fingerprint density at radius 1 is 1.18 bits per heavy atom. The lowest BCUT2D eigenvalue weighted by Crippen LogP contribution is -2.32. The summed E-state index contributed by atoms with van der Waals surface area (Å²) in [6, 6.07) is 11.7. The molecule has 7 nitrogen and oxygen atoms in total. The van der Waals surface area contributed by atoms with E-state index in [0.29, 0.717) is 36.2 Å². The molecule has 3 aromatic rings. The van der Waals surface area contributed by atoms with E-state index in [-0.39, 0.29) is 11.9 Å². The molecule has 2 heterocycles. The topological polar surface area (TPSA) is 76.8 Å². The maximum absolute atomic E-state index is 13.1. The molecule has 1 atom stereocenters. The van der Waals surface area contributed by atoms with Crippen molar-refractivity contribution < 1.29 is 18.7 Å². The monoisotopic (exact) mass is 381 g/mol. The Balaban J connectivity index is 1.49. The number of anilines is 1. The zero-order valence-corrected chi connectivity index (χ0v) is 16.2. The highest BCUT2D eigenvalue weighted by Crippen LogP contribution is 2.31. The fraction of sp³-hybridized carbons (Fsp3) is 0.333. The maximum atomic E-state index is 13.1. The van der Waals surface area contributed by atoms with Gasteiger partial charge >= 0.3 is 0 Å². The molecule has 1 aromatic heterocycles. The SMILES string of the molecule is COc1cccc(OC)c1C(=O)N1CC[C@@H](Nc2nc3c(C)cccc3o2)C1. The minimum atomic E-state index is -0.105. The van der Waals surface area contributed by atoms with Crippen LogP contribution in [-0.4, -0.2) is 49.1 Å². The number of ether oxygens (including phenoxy) is 2. The van der Waals surface area contributed by atoms with Gasteiger partial charge in [0.25, 0.3) is 11.9 Å². The summed E-state index contributed by atoms with van der Waals surface area (Å²) in [5.41, 5.74) is 3.13. The number of oxazole rings is 1. The van der Waals surface area contributed by atoms with E-state index in [2.05, 4.69) is 10.3 Å². The third-order valence-corrected chi connectivity index (χ3v) is 5.07. The van der Waals surface area contributed by atoms with Gasteiger partial charge in [-0.2, -0.15) is 4.98 Å². The van der Waals surface area contributed by atoms with Crippen molar-refractivity contribution in [2.75, 3.05) is 32.6 Å². The van der Waals surface area contributed by atoms with E-state index < -0.39 is 0 Å². The van der Waals surface area contributed by atoms with Gasteiger partial charge in [-0.15, -0.1) is 0 Å². The molecule has 4 rings (SSSR count). The molecule has 0 radical (unpaired) electrons. The molecule has 0 aliphatic carbocycles. The van der Waals surface area contributed by atoms with Crippen molar-refractivity contribution in [1.82, 2.24) is 9.88 Å². The number of carbonyl (C=O) groups is 1. The molecule has 1 saturated heterocycles. The number of aryl methyl sites for hydroxylation is 1. The maximum Gasteiger partial charge on any atom is 0.295 e. The number of rotatable bonds is 5. The van der Waals surface area contributed by atoms with Crippen molar-refractivity contribution >= 4 is 23.0 Å². The number of nitrogens with one attached hydrogen (secondary N) is 1. The number of benzene rings is 2. The third kappa shape index (κ3) is 3.24. The Bertz CT molecular complexity index is 992. The molecule has 1 fully saturated rings. The van der Waals surface area contributed by atoms with E-state index in [1.54, 1.807) is 37.3 Å².